The molecule has 4 bridgehead atoms. The Labute approximate surface area is 327 Å². The summed E-state index contributed by atoms with van der Waals surface area (Å²) in [4.78, 5) is 54.6. The number of aliphatic carboxylic acids is 1. The quantitative estimate of drug-likeness (QED) is 0.0899. The highest BCUT2D eigenvalue weighted by Gasteiger charge is 2.65. The SMILES string of the molecule is CCC(C)(CC(C)(CC(C)(CC(C)(CC(C)c1ccc(OC(C)=O)cc1)C(=O)O)C(=O)OCC1CO1)C(=O)OC12CC3CC1CC(C)(C3)C2)c1ccccc1. The molecular weight excluding hydrogens is 696 g/mol. The van der Waals surface area contributed by atoms with Crippen molar-refractivity contribution in [2.45, 2.75) is 143 Å². The lowest BCUT2D eigenvalue weighted by Gasteiger charge is -2.46. The van der Waals surface area contributed by atoms with Crippen molar-refractivity contribution in [1.29, 1.82) is 0 Å². The zero-order valence-electron chi connectivity index (χ0n) is 34.2. The molecule has 9 heteroatoms. The standard InChI is InChI=1S/C46H62O9/c1-9-42(5,34-13-11-10-12-14-34)27-45(8,40(51)55-46-22-32-19-35(46)23-41(4,21-32)26-46)29-44(7,39(50)53-25-37-24-52-37)28-43(6,38(48)49)20-30(2)33-15-17-36(18-16-33)54-31(3)47/h10-18,30,32,35,37H,9,19-29H2,1-8H3,(H,48,49). The number of carboxylic acid groups (broad SMARTS) is 1. The Kier molecular flexibility index (Phi) is 11.1. The lowest BCUT2D eigenvalue weighted by molar-refractivity contribution is -0.182. The second-order valence-corrected chi connectivity index (χ2v) is 19.5. The average molecular weight is 759 g/mol. The highest BCUT2D eigenvalue weighted by Crippen LogP contribution is 2.68. The van der Waals surface area contributed by atoms with E-state index in [1.54, 1.807) is 26.0 Å². The molecule has 7 rings (SSSR count). The van der Waals surface area contributed by atoms with Crippen LogP contribution in [-0.4, -0.2) is 53.9 Å². The van der Waals surface area contributed by atoms with Gasteiger partial charge in [-0.15, -0.1) is 0 Å². The van der Waals surface area contributed by atoms with Gasteiger partial charge >= 0.3 is 23.9 Å². The summed E-state index contributed by atoms with van der Waals surface area (Å²) < 4.78 is 23.4. The summed E-state index contributed by atoms with van der Waals surface area (Å²) in [6, 6.07) is 17.3. The van der Waals surface area contributed by atoms with Gasteiger partial charge in [0.05, 0.1) is 22.9 Å². The summed E-state index contributed by atoms with van der Waals surface area (Å²) in [5, 5.41) is 10.9. The van der Waals surface area contributed by atoms with E-state index in [-0.39, 0.29) is 49.3 Å². The van der Waals surface area contributed by atoms with E-state index in [0.29, 0.717) is 30.6 Å². The number of ether oxygens (including phenoxy) is 4. The summed E-state index contributed by atoms with van der Waals surface area (Å²) in [7, 11) is 0. The Morgan fingerprint density at radius 3 is 2.11 bits per heavy atom. The van der Waals surface area contributed by atoms with Crippen molar-refractivity contribution in [1.82, 2.24) is 0 Å². The topological polar surface area (TPSA) is 129 Å². The second-order valence-electron chi connectivity index (χ2n) is 19.5. The molecule has 0 aromatic heterocycles. The zero-order chi connectivity index (χ0) is 40.0. The minimum Gasteiger partial charge on any atom is -0.481 e. The molecule has 4 aliphatic carbocycles. The van der Waals surface area contributed by atoms with E-state index >= 15 is 4.79 Å². The zero-order valence-corrected chi connectivity index (χ0v) is 34.2. The van der Waals surface area contributed by atoms with Gasteiger partial charge < -0.3 is 24.1 Å². The van der Waals surface area contributed by atoms with Gasteiger partial charge in [0, 0.05) is 6.92 Å². The van der Waals surface area contributed by atoms with Gasteiger partial charge in [0.1, 0.15) is 24.1 Å². The van der Waals surface area contributed by atoms with Crippen LogP contribution < -0.4 is 4.74 Å². The molecule has 55 heavy (non-hydrogen) atoms. The number of hydrogen-bond donors (Lipinski definition) is 1. The highest BCUT2D eigenvalue weighted by molar-refractivity contribution is 5.83. The Hall–Kier alpha value is -3.72. The number of benzene rings is 2. The van der Waals surface area contributed by atoms with Crippen molar-refractivity contribution in [2.24, 2.45) is 33.5 Å². The summed E-state index contributed by atoms with van der Waals surface area (Å²) >= 11 is 0. The van der Waals surface area contributed by atoms with Crippen molar-refractivity contribution in [2.75, 3.05) is 13.2 Å². The minimum atomic E-state index is -1.38. The molecule has 2 aromatic carbocycles. The lowest BCUT2D eigenvalue weighted by Crippen LogP contribution is -2.49. The van der Waals surface area contributed by atoms with Crippen LogP contribution >= 0.6 is 0 Å². The number of epoxide rings is 1. The van der Waals surface area contributed by atoms with Gasteiger partial charge in [0.2, 0.25) is 0 Å². The largest absolute Gasteiger partial charge is 0.481 e. The predicted octanol–water partition coefficient (Wildman–Crippen LogP) is 9.20. The van der Waals surface area contributed by atoms with Gasteiger partial charge in [-0.25, -0.2) is 0 Å². The van der Waals surface area contributed by atoms with Crippen molar-refractivity contribution in [3.8, 4) is 5.75 Å². The molecule has 2 aromatic rings. The molecule has 1 aliphatic heterocycles. The minimum absolute atomic E-state index is 0.0550. The normalized spacial score (nSPS) is 29.9. The van der Waals surface area contributed by atoms with Crippen molar-refractivity contribution in [3.05, 3.63) is 65.7 Å². The van der Waals surface area contributed by atoms with Crippen LogP contribution in [0.5, 0.6) is 5.75 Å². The van der Waals surface area contributed by atoms with E-state index in [1.165, 1.54) is 13.3 Å². The summed E-state index contributed by atoms with van der Waals surface area (Å²) in [6.07, 6.45) is 6.28. The van der Waals surface area contributed by atoms with Gasteiger partial charge in [0.25, 0.3) is 0 Å². The number of carbonyl (C=O) groups is 4. The van der Waals surface area contributed by atoms with Crippen LogP contribution in [0.15, 0.2) is 54.6 Å². The molecule has 300 valence electrons. The number of esters is 3. The highest BCUT2D eigenvalue weighted by atomic mass is 16.6. The smallest absolute Gasteiger partial charge is 0.312 e. The maximum atomic E-state index is 15.2. The average Bonchev–Trinajstić information content (AvgIpc) is 3.87. The molecule has 1 heterocycles. The number of carboxylic acids is 1. The van der Waals surface area contributed by atoms with Crippen LogP contribution in [0.4, 0.5) is 0 Å². The van der Waals surface area contributed by atoms with Crippen molar-refractivity contribution in [3.63, 3.8) is 0 Å². The molecule has 4 saturated carbocycles. The number of rotatable bonds is 18. The summed E-state index contributed by atoms with van der Waals surface area (Å²) in [5.74, 6) is -1.20. The number of hydrogen-bond acceptors (Lipinski definition) is 8. The van der Waals surface area contributed by atoms with Gasteiger partial charge in [-0.05, 0) is 137 Å². The van der Waals surface area contributed by atoms with Crippen LogP contribution in [-0.2, 0) is 38.8 Å². The third-order valence-corrected chi connectivity index (χ3v) is 13.9. The molecule has 0 amide bonds. The fourth-order valence-electron chi connectivity index (χ4n) is 11.5. The lowest BCUT2D eigenvalue weighted by atomic mass is 9.59. The van der Waals surface area contributed by atoms with Crippen molar-refractivity contribution < 1.29 is 43.2 Å². The fraction of sp³-hybridized carbons (Fsp3) is 0.652. The van der Waals surface area contributed by atoms with E-state index in [0.717, 1.165) is 43.2 Å². The molecule has 10 unspecified atom stereocenters. The van der Waals surface area contributed by atoms with Gasteiger partial charge in [-0.2, -0.15) is 0 Å². The van der Waals surface area contributed by atoms with E-state index in [9.17, 15) is 19.5 Å². The molecule has 1 N–H and O–H groups in total. The summed E-state index contributed by atoms with van der Waals surface area (Å²) in [6.45, 7) is 15.9. The van der Waals surface area contributed by atoms with Crippen LogP contribution in [0.2, 0.25) is 0 Å². The number of carbonyl (C=O) groups excluding carboxylic acids is 3. The first-order valence-corrected chi connectivity index (χ1v) is 20.3. The molecule has 1 saturated heterocycles. The van der Waals surface area contributed by atoms with Crippen LogP contribution in [0.25, 0.3) is 0 Å². The van der Waals surface area contributed by atoms with Gasteiger partial charge in [-0.3, -0.25) is 19.2 Å². The maximum absolute atomic E-state index is 15.2. The Bertz CT molecular complexity index is 1750. The van der Waals surface area contributed by atoms with E-state index < -0.39 is 45.2 Å². The summed E-state index contributed by atoms with van der Waals surface area (Å²) in [5.41, 5.74) is -2.72. The third-order valence-electron chi connectivity index (χ3n) is 13.9. The molecule has 5 aliphatic rings. The molecule has 5 fully saturated rings. The van der Waals surface area contributed by atoms with Gasteiger partial charge in [-0.1, -0.05) is 70.2 Å². The van der Waals surface area contributed by atoms with Crippen molar-refractivity contribution >= 4 is 23.9 Å². The molecule has 0 radical (unpaired) electrons. The fourth-order valence-corrected chi connectivity index (χ4v) is 11.5. The van der Waals surface area contributed by atoms with Gasteiger partial charge in [0.15, 0.2) is 0 Å². The van der Waals surface area contributed by atoms with E-state index in [4.69, 9.17) is 18.9 Å². The molecule has 10 atom stereocenters. The van der Waals surface area contributed by atoms with Crippen LogP contribution in [0, 0.1) is 33.5 Å². The first-order chi connectivity index (χ1) is 25.7. The Morgan fingerprint density at radius 1 is 0.891 bits per heavy atom. The monoisotopic (exact) mass is 758 g/mol. The first kappa shape index (κ1) is 40.9. The molecule has 9 nitrogen and oxygen atoms in total. The second kappa shape index (κ2) is 15.0. The van der Waals surface area contributed by atoms with E-state index in [1.807, 2.05) is 44.2 Å². The van der Waals surface area contributed by atoms with Crippen LogP contribution in [0.3, 0.4) is 0 Å². The van der Waals surface area contributed by atoms with E-state index in [2.05, 4.69) is 32.9 Å². The molecule has 0 spiro atoms. The van der Waals surface area contributed by atoms with Crippen LogP contribution in [0.1, 0.15) is 137 Å². The Morgan fingerprint density at radius 2 is 1.53 bits per heavy atom. The maximum Gasteiger partial charge on any atom is 0.312 e. The third kappa shape index (κ3) is 8.67. The first-order valence-electron chi connectivity index (χ1n) is 20.3. The molecular formula is C46H62O9. The predicted molar refractivity (Wildman–Crippen MR) is 208 cm³/mol. The Balaban J connectivity index is 1.35.